The quantitative estimate of drug-likeness (QED) is 0.739. The molecule has 28 heavy (non-hydrogen) atoms. The minimum Gasteiger partial charge on any atom is -0.393 e. The van der Waals surface area contributed by atoms with Gasteiger partial charge in [0.15, 0.2) is 0 Å². The first kappa shape index (κ1) is 19.8. The van der Waals surface area contributed by atoms with Gasteiger partial charge in [0.05, 0.1) is 33.0 Å². The Bertz CT molecular complexity index is 1040. The number of nitrogens with two attached hydrogens (primary N) is 2. The summed E-state index contributed by atoms with van der Waals surface area (Å²) >= 11 is 6.38. The van der Waals surface area contributed by atoms with Gasteiger partial charge in [-0.15, -0.1) is 0 Å². The van der Waals surface area contributed by atoms with Gasteiger partial charge >= 0.3 is 0 Å². The minimum atomic E-state index is -1.52. The van der Waals surface area contributed by atoms with Crippen molar-refractivity contribution in [1.82, 2.24) is 0 Å². The molecule has 0 aliphatic carbocycles. The first-order valence-corrected chi connectivity index (χ1v) is 9.42. The standard InChI is InChI=1S/C20H14F2N4S2/c21-13-5-1-11(2-6-13)16-15(9-23)18(25)28-17(20(16,10-24)19(26)27)12-3-7-14(22)8-4-12/h1-8,16-17H,25H2,(H2,26,27). The second-order valence-corrected chi connectivity index (χ2v) is 7.86. The fourth-order valence-corrected chi connectivity index (χ4v) is 5.12. The van der Waals surface area contributed by atoms with Gasteiger partial charge in [0, 0.05) is 5.92 Å². The van der Waals surface area contributed by atoms with E-state index >= 15 is 0 Å². The molecule has 0 aromatic heterocycles. The van der Waals surface area contributed by atoms with E-state index in [9.17, 15) is 19.3 Å². The SMILES string of the molecule is N#CC1=C(N)SC(c2ccc(F)cc2)C(C#N)(C(N)=S)C1c1ccc(F)cc1. The van der Waals surface area contributed by atoms with Gasteiger partial charge in [-0.3, -0.25) is 0 Å². The van der Waals surface area contributed by atoms with E-state index in [1.54, 1.807) is 0 Å². The molecular weight excluding hydrogens is 398 g/mol. The maximum atomic E-state index is 13.5. The molecule has 0 bridgehead atoms. The van der Waals surface area contributed by atoms with Crippen LogP contribution in [0.5, 0.6) is 0 Å². The Balaban J connectivity index is 2.32. The lowest BCUT2D eigenvalue weighted by molar-refractivity contribution is 0.461. The Morgan fingerprint density at radius 3 is 1.93 bits per heavy atom. The molecule has 0 saturated heterocycles. The summed E-state index contributed by atoms with van der Waals surface area (Å²) in [6.07, 6.45) is 0. The van der Waals surface area contributed by atoms with Gasteiger partial charge in [-0.25, -0.2) is 8.78 Å². The van der Waals surface area contributed by atoms with Crippen molar-refractivity contribution >= 4 is 29.0 Å². The highest BCUT2D eigenvalue weighted by molar-refractivity contribution is 8.03. The molecule has 3 rings (SSSR count). The third-order valence-corrected chi connectivity index (χ3v) is 6.45. The summed E-state index contributed by atoms with van der Waals surface area (Å²) in [4.78, 5) is -0.119. The molecule has 3 unspecified atom stereocenters. The van der Waals surface area contributed by atoms with Crippen molar-refractivity contribution in [2.45, 2.75) is 11.2 Å². The second-order valence-electron chi connectivity index (χ2n) is 6.27. The Hall–Kier alpha value is -2.94. The van der Waals surface area contributed by atoms with Crippen LogP contribution in [-0.4, -0.2) is 4.99 Å². The summed E-state index contributed by atoms with van der Waals surface area (Å²) in [6, 6.07) is 15.3. The summed E-state index contributed by atoms with van der Waals surface area (Å²) in [7, 11) is 0. The van der Waals surface area contributed by atoms with Crippen molar-refractivity contribution in [3.05, 3.63) is 81.9 Å². The number of nitrogens with zero attached hydrogens (tertiary/aromatic N) is 2. The summed E-state index contributed by atoms with van der Waals surface area (Å²) < 4.78 is 26.9. The van der Waals surface area contributed by atoms with E-state index in [4.69, 9.17) is 23.7 Å². The first-order valence-electron chi connectivity index (χ1n) is 8.13. The van der Waals surface area contributed by atoms with Crippen molar-refractivity contribution < 1.29 is 8.78 Å². The number of rotatable bonds is 3. The number of thiocarbonyl (C=S) groups is 1. The van der Waals surface area contributed by atoms with E-state index in [1.807, 2.05) is 0 Å². The minimum absolute atomic E-state index is 0.119. The van der Waals surface area contributed by atoms with Crippen LogP contribution in [-0.2, 0) is 0 Å². The third-order valence-electron chi connectivity index (χ3n) is 4.76. The smallest absolute Gasteiger partial charge is 0.135 e. The Labute approximate surface area is 170 Å². The summed E-state index contributed by atoms with van der Waals surface area (Å²) in [5, 5.41) is 19.5. The lowest BCUT2D eigenvalue weighted by Gasteiger charge is -2.44. The highest BCUT2D eigenvalue weighted by Crippen LogP contribution is 2.60. The number of hydrogen-bond acceptors (Lipinski definition) is 5. The number of thioether (sulfide) groups is 1. The Morgan fingerprint density at radius 2 is 1.50 bits per heavy atom. The molecule has 0 amide bonds. The fourth-order valence-electron chi connectivity index (χ4n) is 3.43. The van der Waals surface area contributed by atoms with Crippen molar-refractivity contribution in [1.29, 1.82) is 10.5 Å². The highest BCUT2D eigenvalue weighted by atomic mass is 32.2. The van der Waals surface area contributed by atoms with E-state index in [-0.39, 0.29) is 15.6 Å². The van der Waals surface area contributed by atoms with Crippen molar-refractivity contribution in [2.75, 3.05) is 0 Å². The number of halogens is 2. The number of nitriles is 2. The predicted molar refractivity (Wildman–Crippen MR) is 108 cm³/mol. The van der Waals surface area contributed by atoms with E-state index in [0.717, 1.165) is 11.8 Å². The average molecular weight is 412 g/mol. The normalized spacial score (nSPS) is 24.3. The summed E-state index contributed by atoms with van der Waals surface area (Å²) in [5.41, 5.74) is 11.9. The largest absolute Gasteiger partial charge is 0.393 e. The average Bonchev–Trinajstić information content (AvgIpc) is 2.68. The van der Waals surface area contributed by atoms with Crippen LogP contribution in [0.2, 0.25) is 0 Å². The molecule has 2 aromatic carbocycles. The molecule has 8 heteroatoms. The van der Waals surface area contributed by atoms with Gasteiger partial charge in [0.2, 0.25) is 0 Å². The molecule has 1 heterocycles. The molecule has 1 aliphatic heterocycles. The molecule has 1 aliphatic rings. The molecule has 0 radical (unpaired) electrons. The van der Waals surface area contributed by atoms with Crippen LogP contribution in [0.4, 0.5) is 8.78 Å². The van der Waals surface area contributed by atoms with Gasteiger partial charge in [-0.2, -0.15) is 10.5 Å². The van der Waals surface area contributed by atoms with Crippen LogP contribution in [0.15, 0.2) is 59.1 Å². The zero-order valence-electron chi connectivity index (χ0n) is 14.4. The van der Waals surface area contributed by atoms with E-state index in [2.05, 4.69) is 12.1 Å². The van der Waals surface area contributed by atoms with Crippen molar-refractivity contribution in [3.63, 3.8) is 0 Å². The van der Waals surface area contributed by atoms with Gasteiger partial charge in [0.1, 0.15) is 17.0 Å². The Morgan fingerprint density at radius 1 is 1.00 bits per heavy atom. The van der Waals surface area contributed by atoms with Gasteiger partial charge in [-0.1, -0.05) is 48.2 Å². The van der Waals surface area contributed by atoms with Crippen LogP contribution in [0, 0.1) is 39.7 Å². The molecule has 3 atom stereocenters. The van der Waals surface area contributed by atoms with Crippen LogP contribution < -0.4 is 11.5 Å². The van der Waals surface area contributed by atoms with Crippen molar-refractivity contribution in [3.8, 4) is 12.1 Å². The monoisotopic (exact) mass is 412 g/mol. The number of benzene rings is 2. The molecule has 140 valence electrons. The molecule has 0 spiro atoms. The van der Waals surface area contributed by atoms with Gasteiger partial charge in [0.25, 0.3) is 0 Å². The lowest BCUT2D eigenvalue weighted by atomic mass is 9.65. The summed E-state index contributed by atoms with van der Waals surface area (Å²) in [6.45, 7) is 0. The van der Waals surface area contributed by atoms with Crippen LogP contribution >= 0.6 is 24.0 Å². The maximum Gasteiger partial charge on any atom is 0.135 e. The highest BCUT2D eigenvalue weighted by Gasteiger charge is 2.55. The molecule has 0 fully saturated rings. The van der Waals surface area contributed by atoms with E-state index in [0.29, 0.717) is 11.1 Å². The van der Waals surface area contributed by atoms with Crippen LogP contribution in [0.3, 0.4) is 0 Å². The first-order chi connectivity index (χ1) is 13.3. The number of hydrogen-bond donors (Lipinski definition) is 2. The number of allylic oxidation sites excluding steroid dienone is 1. The van der Waals surface area contributed by atoms with E-state index in [1.165, 1.54) is 48.5 Å². The fraction of sp³-hybridized carbons (Fsp3) is 0.150. The van der Waals surface area contributed by atoms with Crippen LogP contribution in [0.1, 0.15) is 22.3 Å². The zero-order chi connectivity index (χ0) is 20.5. The topological polar surface area (TPSA) is 99.6 Å². The zero-order valence-corrected chi connectivity index (χ0v) is 16.0. The van der Waals surface area contributed by atoms with Crippen LogP contribution in [0.25, 0.3) is 0 Å². The molecule has 4 N–H and O–H groups in total. The third kappa shape index (κ3) is 3.11. The Kier molecular flexibility index (Phi) is 5.37. The lowest BCUT2D eigenvalue weighted by Crippen LogP contribution is -2.47. The van der Waals surface area contributed by atoms with Gasteiger partial charge < -0.3 is 11.5 Å². The second kappa shape index (κ2) is 7.59. The maximum absolute atomic E-state index is 13.5. The molecule has 2 aromatic rings. The molecule has 0 saturated carbocycles. The van der Waals surface area contributed by atoms with E-state index < -0.39 is 28.2 Å². The molecular formula is C20H14F2N4S2. The van der Waals surface area contributed by atoms with Gasteiger partial charge in [-0.05, 0) is 35.4 Å². The van der Waals surface area contributed by atoms with Crippen molar-refractivity contribution in [2.24, 2.45) is 16.9 Å². The molecule has 4 nitrogen and oxygen atoms in total. The summed E-state index contributed by atoms with van der Waals surface area (Å²) in [5.74, 6) is -1.78. The predicted octanol–water partition coefficient (Wildman–Crippen LogP) is 4.03.